The lowest BCUT2D eigenvalue weighted by molar-refractivity contribution is -0.571. The Morgan fingerprint density at radius 3 is 1.40 bits per heavy atom. The molecule has 6 nitrogen and oxygen atoms in total. The third kappa shape index (κ3) is 10.4. The van der Waals surface area contributed by atoms with Crippen molar-refractivity contribution in [1.82, 2.24) is 14.1 Å². The second-order valence-corrected chi connectivity index (χ2v) is 35.2. The number of furan rings is 1. The second-order valence-electron chi connectivity index (χ2n) is 27.5. The van der Waals surface area contributed by atoms with Gasteiger partial charge in [-0.05, 0) is 129 Å². The minimum absolute atomic E-state index is 0.0974. The number of hydrogen-bond donors (Lipinski definition) is 0. The minimum Gasteiger partial charge on any atom is -0.458 e. The smallest absolute Gasteiger partial charge is 0.269 e. The fourth-order valence-corrected chi connectivity index (χ4v) is 25.6. The second kappa shape index (κ2) is 25.4. The van der Waals surface area contributed by atoms with E-state index in [-0.39, 0.29) is 5.41 Å². The van der Waals surface area contributed by atoms with Gasteiger partial charge in [0.25, 0.3) is 6.33 Å². The van der Waals surface area contributed by atoms with Gasteiger partial charge in [0.1, 0.15) is 28.5 Å². The van der Waals surface area contributed by atoms with Crippen LogP contribution in [0, 0.1) is 6.33 Å². The monoisotopic (exact) mass is 1340 g/mol. The number of benzene rings is 14. The summed E-state index contributed by atoms with van der Waals surface area (Å²) >= 11 is 0. The molecule has 102 heavy (non-hydrogen) atoms. The van der Waals surface area contributed by atoms with E-state index in [2.05, 4.69) is 387 Å². The van der Waals surface area contributed by atoms with Gasteiger partial charge in [0, 0.05) is 39.9 Å². The molecule has 0 unspecified atom stereocenters. The Morgan fingerprint density at radius 2 is 0.843 bits per heavy atom. The standard InChI is InChI=1S/C94H70N4O2Si2/c1-94(2,3)68-56-57-95-92(60-68)98-88-62-71(54-55-82(88)84-63-85-83-48-22-25-53-90(83)100-91(85)64-89(84)98)99-70-33-28-32-69(61-70)96-65-97(87-52-24-23-51-86(87)96)93-80(66-30-26-46-78(58-66)101(72-34-10-4-11-35-72,73-36-12-5-13-37-73)74-38-14-6-15-39-74)49-29-50-81(93)67-31-27-47-79(59-67)102(75-40-16-7-17-41-75,76-42-18-8-19-43-76)77-44-20-9-21-45-77/h4-64H,1-3H3. The maximum Gasteiger partial charge on any atom is 0.269 e. The Labute approximate surface area is 595 Å². The van der Waals surface area contributed by atoms with Gasteiger partial charge >= 0.3 is 0 Å². The van der Waals surface area contributed by atoms with E-state index in [0.29, 0.717) is 11.5 Å². The van der Waals surface area contributed by atoms with Crippen LogP contribution in [0.2, 0.25) is 0 Å². The van der Waals surface area contributed by atoms with Gasteiger partial charge in [-0.25, -0.2) is 4.98 Å². The highest BCUT2D eigenvalue weighted by Gasteiger charge is 2.43. The van der Waals surface area contributed by atoms with Gasteiger partial charge in [0.05, 0.1) is 33.4 Å². The predicted molar refractivity (Wildman–Crippen MR) is 426 cm³/mol. The summed E-state index contributed by atoms with van der Waals surface area (Å²) in [5, 5.41) is 14.8. The van der Waals surface area contributed by atoms with Crippen molar-refractivity contribution in [3.63, 3.8) is 0 Å². The van der Waals surface area contributed by atoms with Crippen molar-refractivity contribution in [2.45, 2.75) is 26.2 Å². The Bertz CT molecular complexity index is 5760. The number of nitrogens with zero attached hydrogens (tertiary/aromatic N) is 4. The number of ether oxygens (including phenoxy) is 1. The largest absolute Gasteiger partial charge is 0.458 e. The highest BCUT2D eigenvalue weighted by molar-refractivity contribution is 7.20. The van der Waals surface area contributed by atoms with Crippen LogP contribution in [0.25, 0.3) is 94.2 Å². The molecule has 0 fully saturated rings. The summed E-state index contributed by atoms with van der Waals surface area (Å²) in [5.41, 5.74) is 13.0. The van der Waals surface area contributed by atoms with Crippen molar-refractivity contribution in [3.05, 3.63) is 382 Å². The molecule has 0 N–H and O–H groups in total. The highest BCUT2D eigenvalue weighted by Crippen LogP contribution is 2.41. The van der Waals surface area contributed by atoms with E-state index in [4.69, 9.17) is 14.1 Å². The number of fused-ring (bicyclic) bond motifs is 7. The molecule has 0 radical (unpaired) electrons. The molecule has 0 saturated heterocycles. The van der Waals surface area contributed by atoms with Crippen LogP contribution in [-0.2, 0) is 5.41 Å². The molecule has 486 valence electrons. The normalized spacial score (nSPS) is 12.1. The molecule has 18 rings (SSSR count). The maximum absolute atomic E-state index is 7.08. The summed E-state index contributed by atoms with van der Waals surface area (Å²) < 4.78 is 20.4. The molecule has 0 amide bonds. The first kappa shape index (κ1) is 61.8. The van der Waals surface area contributed by atoms with Crippen LogP contribution in [0.5, 0.6) is 11.5 Å². The number of pyridine rings is 1. The molecule has 18 aromatic rings. The van der Waals surface area contributed by atoms with Crippen LogP contribution in [0.3, 0.4) is 0 Å². The molecule has 8 heteroatoms. The number of para-hydroxylation sites is 4. The summed E-state index contributed by atoms with van der Waals surface area (Å²) in [4.78, 5) is 5.05. The van der Waals surface area contributed by atoms with Crippen LogP contribution in [-0.4, -0.2) is 30.3 Å². The summed E-state index contributed by atoms with van der Waals surface area (Å²) in [6.45, 7) is 6.73. The van der Waals surface area contributed by atoms with Crippen molar-refractivity contribution < 1.29 is 13.7 Å². The molecule has 0 aliphatic heterocycles. The molecule has 4 heterocycles. The molecule has 14 aromatic carbocycles. The van der Waals surface area contributed by atoms with Crippen molar-refractivity contribution >= 4 is 112 Å². The number of aromatic nitrogens is 4. The van der Waals surface area contributed by atoms with Crippen molar-refractivity contribution in [1.29, 1.82) is 0 Å². The number of rotatable bonds is 15. The molecule has 0 bridgehead atoms. The zero-order chi connectivity index (χ0) is 68.4. The first-order valence-corrected chi connectivity index (χ1v) is 39.0. The van der Waals surface area contributed by atoms with Crippen molar-refractivity contribution in [2.75, 3.05) is 0 Å². The Balaban J connectivity index is 0.826. The van der Waals surface area contributed by atoms with Gasteiger partial charge < -0.3 is 9.15 Å². The lowest BCUT2D eigenvalue weighted by atomic mass is 9.88. The summed E-state index contributed by atoms with van der Waals surface area (Å²) in [6.07, 6.45) is 5.98. The van der Waals surface area contributed by atoms with Crippen LogP contribution < -0.4 is 50.8 Å². The van der Waals surface area contributed by atoms with E-state index < -0.39 is 16.1 Å². The van der Waals surface area contributed by atoms with E-state index in [0.717, 1.165) is 94.2 Å². The average molecular weight is 1340 g/mol. The molecular formula is C94H70N4O2Si2. The first-order chi connectivity index (χ1) is 50.2. The van der Waals surface area contributed by atoms with Crippen LogP contribution >= 0.6 is 0 Å². The van der Waals surface area contributed by atoms with Crippen LogP contribution in [0.15, 0.2) is 375 Å². The Morgan fingerprint density at radius 1 is 0.363 bits per heavy atom. The van der Waals surface area contributed by atoms with Gasteiger partial charge in [-0.2, -0.15) is 0 Å². The fourth-order valence-electron chi connectivity index (χ4n) is 16.0. The lowest BCUT2D eigenvalue weighted by Crippen LogP contribution is -2.74. The van der Waals surface area contributed by atoms with E-state index in [9.17, 15) is 0 Å². The maximum atomic E-state index is 7.08. The molecule has 0 atom stereocenters. The molecular weight excluding hydrogens is 1270 g/mol. The molecule has 0 aliphatic carbocycles. The van der Waals surface area contributed by atoms with Gasteiger partial charge in [-0.15, -0.1) is 0 Å². The fraction of sp³-hybridized carbons (Fsp3) is 0.0426. The van der Waals surface area contributed by atoms with Gasteiger partial charge in [-0.1, -0.05) is 318 Å². The minimum atomic E-state index is -2.98. The molecule has 0 saturated carbocycles. The molecule has 0 spiro atoms. The van der Waals surface area contributed by atoms with Crippen LogP contribution in [0.1, 0.15) is 26.3 Å². The molecule has 0 aliphatic rings. The Hall–Kier alpha value is -12.5. The average Bonchev–Trinajstić information content (AvgIpc) is 1.16. The lowest BCUT2D eigenvalue weighted by Gasteiger charge is -2.35. The summed E-state index contributed by atoms with van der Waals surface area (Å²) in [6, 6.07) is 134. The number of hydrogen-bond acceptors (Lipinski definition) is 3. The third-order valence-electron chi connectivity index (χ3n) is 20.7. The number of imidazole rings is 1. The topological polar surface area (TPSA) is 49.0 Å². The van der Waals surface area contributed by atoms with E-state index in [1.165, 1.54) is 47.1 Å². The third-order valence-corrected chi connectivity index (χ3v) is 30.2. The zero-order valence-corrected chi connectivity index (χ0v) is 58.8. The van der Waals surface area contributed by atoms with Crippen molar-refractivity contribution in [3.8, 4) is 50.9 Å². The Kier molecular flexibility index (Phi) is 15.4. The quantitative estimate of drug-likeness (QED) is 0.0445. The van der Waals surface area contributed by atoms with Gasteiger partial charge in [-0.3, -0.25) is 13.7 Å². The van der Waals surface area contributed by atoms with E-state index in [1.54, 1.807) is 0 Å². The molecule has 4 aromatic heterocycles. The van der Waals surface area contributed by atoms with Crippen molar-refractivity contribution in [2.24, 2.45) is 0 Å². The highest BCUT2D eigenvalue weighted by atomic mass is 28.3. The summed E-state index contributed by atoms with van der Waals surface area (Å²) in [5.74, 6) is 2.21. The SMILES string of the molecule is CC(C)(C)c1ccnc(-n2c3cc(Oc4cccc(-n5[c-][n+](-c6c(-c7cccc([Si](c8ccccc8)(c8ccccc8)c8ccccc8)c7)cccc6-c6cccc([Si](c7ccccc7)(c7ccccc7)c7ccccc7)c6)c6ccccc65)c4)ccc3c3cc4c(cc32)oc2ccccc24)c1. The first-order valence-electron chi connectivity index (χ1n) is 35.0. The van der Waals surface area contributed by atoms with E-state index >= 15 is 0 Å². The van der Waals surface area contributed by atoms with Gasteiger partial charge in [0.2, 0.25) is 0 Å². The van der Waals surface area contributed by atoms with Crippen LogP contribution in [0.4, 0.5) is 0 Å². The van der Waals surface area contributed by atoms with Gasteiger partial charge in [0.15, 0.2) is 16.1 Å². The summed E-state index contributed by atoms with van der Waals surface area (Å²) in [7, 11) is -5.96. The zero-order valence-electron chi connectivity index (χ0n) is 56.8. The predicted octanol–water partition coefficient (Wildman–Crippen LogP) is 17.3. The van der Waals surface area contributed by atoms with E-state index in [1.807, 2.05) is 24.4 Å².